The lowest BCUT2D eigenvalue weighted by Crippen LogP contribution is -1.95. The third kappa shape index (κ3) is 3.68. The van der Waals surface area contributed by atoms with Crippen molar-refractivity contribution in [2.45, 2.75) is 12.5 Å². The smallest absolute Gasteiger partial charge is 0.140 e. The molecule has 2 rings (SSSR count). The van der Waals surface area contributed by atoms with Gasteiger partial charge in [-0.15, -0.1) is 22.9 Å². The largest absolute Gasteiger partial charge is 0.485 e. The fourth-order valence-corrected chi connectivity index (χ4v) is 3.30. The summed E-state index contributed by atoms with van der Waals surface area (Å²) in [5.74, 6) is 1.24. The minimum absolute atomic E-state index is 0.443. The highest BCUT2D eigenvalue weighted by Crippen LogP contribution is 2.29. The van der Waals surface area contributed by atoms with E-state index in [1.54, 1.807) is 11.3 Å². The van der Waals surface area contributed by atoms with Crippen molar-refractivity contribution < 1.29 is 4.74 Å². The molecule has 0 bridgehead atoms. The lowest BCUT2D eigenvalue weighted by Gasteiger charge is -2.06. The van der Waals surface area contributed by atoms with Crippen molar-refractivity contribution in [3.8, 4) is 5.75 Å². The third-order valence-electron chi connectivity index (χ3n) is 1.98. The predicted molar refractivity (Wildman–Crippen MR) is 77.8 cm³/mol. The lowest BCUT2D eigenvalue weighted by molar-refractivity contribution is 0.303. The van der Waals surface area contributed by atoms with Crippen molar-refractivity contribution in [3.05, 3.63) is 43.2 Å². The monoisotopic (exact) mass is 395 g/mol. The Labute approximate surface area is 125 Å². The van der Waals surface area contributed by atoms with E-state index < -0.39 is 0 Å². The number of hydrogen-bond acceptors (Lipinski definition) is 3. The van der Waals surface area contributed by atoms with E-state index in [4.69, 9.17) is 16.3 Å². The average Bonchev–Trinajstić information content (AvgIpc) is 2.76. The molecule has 0 aliphatic heterocycles. The average molecular weight is 398 g/mol. The molecule has 0 spiro atoms. The Bertz CT molecular complexity index is 518. The molecule has 6 heteroatoms. The first-order chi connectivity index (χ1) is 8.19. The van der Waals surface area contributed by atoms with Gasteiger partial charge in [0.1, 0.15) is 17.4 Å². The van der Waals surface area contributed by atoms with Gasteiger partial charge in [-0.3, -0.25) is 0 Å². The molecule has 2 nitrogen and oxygen atoms in total. The van der Waals surface area contributed by atoms with Gasteiger partial charge in [-0.25, -0.2) is 4.98 Å². The second-order valence-electron chi connectivity index (χ2n) is 3.23. The Morgan fingerprint density at radius 2 is 2.18 bits per heavy atom. The van der Waals surface area contributed by atoms with Gasteiger partial charge in [0.25, 0.3) is 0 Å². The zero-order valence-corrected chi connectivity index (χ0v) is 13.4. The SMILES string of the molecule is ClCc1csc(COc2ccc(Br)cc2Br)n1. The summed E-state index contributed by atoms with van der Waals surface area (Å²) in [5.41, 5.74) is 0.894. The minimum atomic E-state index is 0.443. The van der Waals surface area contributed by atoms with Gasteiger partial charge >= 0.3 is 0 Å². The van der Waals surface area contributed by atoms with E-state index >= 15 is 0 Å². The van der Waals surface area contributed by atoms with Crippen LogP contribution in [0.15, 0.2) is 32.5 Å². The Hall–Kier alpha value is -0.100. The van der Waals surface area contributed by atoms with Crippen LogP contribution in [-0.4, -0.2) is 4.98 Å². The fraction of sp³-hybridized carbons (Fsp3) is 0.182. The number of aromatic nitrogens is 1. The molecular formula is C11H8Br2ClNOS. The lowest BCUT2D eigenvalue weighted by atomic mass is 10.3. The number of thiazole rings is 1. The van der Waals surface area contributed by atoms with Crippen LogP contribution in [-0.2, 0) is 12.5 Å². The first kappa shape index (κ1) is 13.3. The van der Waals surface area contributed by atoms with E-state index in [0.29, 0.717) is 12.5 Å². The predicted octanol–water partition coefficient (Wildman–Crippen LogP) is 4.99. The quantitative estimate of drug-likeness (QED) is 0.679. The number of alkyl halides is 1. The molecule has 0 saturated carbocycles. The topological polar surface area (TPSA) is 22.1 Å². The van der Waals surface area contributed by atoms with E-state index in [1.165, 1.54) is 0 Å². The number of halogens is 3. The maximum Gasteiger partial charge on any atom is 0.140 e. The van der Waals surface area contributed by atoms with E-state index in [2.05, 4.69) is 36.8 Å². The Morgan fingerprint density at radius 1 is 1.35 bits per heavy atom. The van der Waals surface area contributed by atoms with Crippen LogP contribution in [0.4, 0.5) is 0 Å². The Kier molecular flexibility index (Phi) is 4.85. The zero-order valence-electron chi connectivity index (χ0n) is 8.62. The van der Waals surface area contributed by atoms with E-state index in [0.717, 1.165) is 25.4 Å². The van der Waals surface area contributed by atoms with Crippen LogP contribution in [0, 0.1) is 0 Å². The summed E-state index contributed by atoms with van der Waals surface area (Å²) in [7, 11) is 0. The van der Waals surface area contributed by atoms with Gasteiger partial charge in [-0.05, 0) is 34.1 Å². The molecule has 0 atom stereocenters. The maximum absolute atomic E-state index is 5.69. The molecule has 17 heavy (non-hydrogen) atoms. The fourth-order valence-electron chi connectivity index (χ4n) is 1.21. The normalized spacial score (nSPS) is 10.5. The number of hydrogen-bond donors (Lipinski definition) is 0. The van der Waals surface area contributed by atoms with Crippen LogP contribution >= 0.6 is 54.8 Å². The van der Waals surface area contributed by atoms with Gasteiger partial charge in [0.05, 0.1) is 16.0 Å². The van der Waals surface area contributed by atoms with E-state index in [9.17, 15) is 0 Å². The van der Waals surface area contributed by atoms with Gasteiger partial charge in [-0.1, -0.05) is 15.9 Å². The molecule has 0 unspecified atom stereocenters. The molecule has 0 radical (unpaired) electrons. The van der Waals surface area contributed by atoms with Crippen LogP contribution in [0.3, 0.4) is 0 Å². The molecule has 0 amide bonds. The molecule has 0 aliphatic rings. The number of benzene rings is 1. The molecule has 2 aromatic rings. The van der Waals surface area contributed by atoms with Gasteiger partial charge in [-0.2, -0.15) is 0 Å². The summed E-state index contributed by atoms with van der Waals surface area (Å²) < 4.78 is 7.60. The standard InChI is InChI=1S/C11H8Br2ClNOS/c12-7-1-2-10(9(13)3-7)16-5-11-15-8(4-14)6-17-11/h1-3,6H,4-5H2. The summed E-state index contributed by atoms with van der Waals surface area (Å²) in [6.07, 6.45) is 0. The molecular weight excluding hydrogens is 389 g/mol. The summed E-state index contributed by atoms with van der Waals surface area (Å²) in [6.45, 7) is 0.460. The highest BCUT2D eigenvalue weighted by Gasteiger charge is 2.05. The van der Waals surface area contributed by atoms with Crippen LogP contribution in [0.2, 0.25) is 0 Å². The third-order valence-corrected chi connectivity index (χ3v) is 4.24. The summed E-state index contributed by atoms with van der Waals surface area (Å²) in [5, 5.41) is 2.87. The molecule has 0 aliphatic carbocycles. The Balaban J connectivity index is 2.02. The van der Waals surface area contributed by atoms with Gasteiger partial charge in [0.2, 0.25) is 0 Å². The zero-order chi connectivity index (χ0) is 12.3. The van der Waals surface area contributed by atoms with Crippen LogP contribution in [0.5, 0.6) is 5.75 Å². The number of rotatable bonds is 4. The van der Waals surface area contributed by atoms with Gasteiger partial charge in [0, 0.05) is 9.85 Å². The number of ether oxygens (including phenoxy) is 1. The van der Waals surface area contributed by atoms with Crippen molar-refractivity contribution in [3.63, 3.8) is 0 Å². The second-order valence-corrected chi connectivity index (χ2v) is 6.21. The van der Waals surface area contributed by atoms with Crippen LogP contribution in [0.1, 0.15) is 10.7 Å². The highest BCUT2D eigenvalue weighted by atomic mass is 79.9. The van der Waals surface area contributed by atoms with Crippen molar-refractivity contribution in [1.29, 1.82) is 0 Å². The molecule has 1 heterocycles. The van der Waals surface area contributed by atoms with Gasteiger partial charge < -0.3 is 4.74 Å². The highest BCUT2D eigenvalue weighted by molar-refractivity contribution is 9.11. The molecule has 0 fully saturated rings. The summed E-state index contributed by atoms with van der Waals surface area (Å²) in [4.78, 5) is 4.33. The summed E-state index contributed by atoms with van der Waals surface area (Å²) >= 11 is 14.1. The van der Waals surface area contributed by atoms with Gasteiger partial charge in [0.15, 0.2) is 0 Å². The maximum atomic E-state index is 5.69. The molecule has 1 aromatic carbocycles. The second kappa shape index (κ2) is 6.18. The first-order valence-electron chi connectivity index (χ1n) is 4.76. The van der Waals surface area contributed by atoms with Crippen molar-refractivity contribution >= 4 is 54.8 Å². The molecule has 0 saturated heterocycles. The van der Waals surface area contributed by atoms with Crippen LogP contribution in [0.25, 0.3) is 0 Å². The number of nitrogens with zero attached hydrogens (tertiary/aromatic N) is 1. The van der Waals surface area contributed by atoms with Crippen molar-refractivity contribution in [2.75, 3.05) is 0 Å². The van der Waals surface area contributed by atoms with Crippen molar-refractivity contribution in [1.82, 2.24) is 4.98 Å². The molecule has 1 aromatic heterocycles. The first-order valence-corrected chi connectivity index (χ1v) is 7.76. The van der Waals surface area contributed by atoms with Crippen LogP contribution < -0.4 is 4.74 Å². The minimum Gasteiger partial charge on any atom is -0.485 e. The Morgan fingerprint density at radius 3 is 2.82 bits per heavy atom. The van der Waals surface area contributed by atoms with Crippen molar-refractivity contribution in [2.24, 2.45) is 0 Å². The van der Waals surface area contributed by atoms with E-state index in [1.807, 2.05) is 23.6 Å². The summed E-state index contributed by atoms with van der Waals surface area (Å²) in [6, 6.07) is 5.79. The molecule has 90 valence electrons. The molecule has 0 N–H and O–H groups in total. The van der Waals surface area contributed by atoms with E-state index in [-0.39, 0.29) is 0 Å².